The second kappa shape index (κ2) is 23.4. The Hall–Kier alpha value is -13.3. The summed E-state index contributed by atoms with van der Waals surface area (Å²) < 4.78 is 7.53. The van der Waals surface area contributed by atoms with Gasteiger partial charge >= 0.3 is 0 Å². The van der Waals surface area contributed by atoms with Gasteiger partial charge in [-0.3, -0.25) is 0 Å². The van der Waals surface area contributed by atoms with E-state index >= 15 is 0 Å². The van der Waals surface area contributed by atoms with Gasteiger partial charge < -0.3 is 13.7 Å². The fraction of sp³-hybridized carbons (Fsp3) is 0.0312. The molecule has 4 heterocycles. The molecule has 0 aliphatic heterocycles. The van der Waals surface area contributed by atoms with Crippen molar-refractivity contribution in [2.45, 2.75) is 19.3 Å². The molecule has 1 aliphatic rings. The van der Waals surface area contributed by atoms with Crippen molar-refractivity contribution in [2.75, 3.05) is 0 Å². The molecule has 478 valence electrons. The Morgan fingerprint density at radius 3 is 1.12 bits per heavy atom. The zero-order valence-corrected chi connectivity index (χ0v) is 56.2. The van der Waals surface area contributed by atoms with Crippen molar-refractivity contribution in [2.24, 2.45) is 0 Å². The summed E-state index contributed by atoms with van der Waals surface area (Å²) in [6.07, 6.45) is 0. The van der Waals surface area contributed by atoms with Gasteiger partial charge in [-0.1, -0.05) is 287 Å². The summed E-state index contributed by atoms with van der Waals surface area (Å²) in [6, 6.07) is 129. The minimum Gasteiger partial charge on any atom is -0.309 e. The van der Waals surface area contributed by atoms with Gasteiger partial charge in [-0.05, 0) is 150 Å². The van der Waals surface area contributed by atoms with Crippen molar-refractivity contribution in [1.82, 2.24) is 28.7 Å². The molecule has 102 heavy (non-hydrogen) atoms. The van der Waals surface area contributed by atoms with Gasteiger partial charge in [-0.15, -0.1) is 0 Å². The minimum atomic E-state index is -0.219. The monoisotopic (exact) mass is 1300 g/mol. The van der Waals surface area contributed by atoms with Gasteiger partial charge in [0.05, 0.1) is 38.8 Å². The van der Waals surface area contributed by atoms with Crippen molar-refractivity contribution in [3.05, 3.63) is 363 Å². The lowest BCUT2D eigenvalue weighted by Crippen LogP contribution is -2.15. The van der Waals surface area contributed by atoms with Crippen LogP contribution in [0.5, 0.6) is 0 Å². The zero-order chi connectivity index (χ0) is 67.6. The third-order valence-electron chi connectivity index (χ3n) is 21.3. The lowest BCUT2D eigenvalue weighted by atomic mass is 9.82. The fourth-order valence-corrected chi connectivity index (χ4v) is 16.7. The predicted molar refractivity (Wildman–Crippen MR) is 427 cm³/mol. The summed E-state index contributed by atoms with van der Waals surface area (Å²) >= 11 is 0. The van der Waals surface area contributed by atoms with Crippen LogP contribution in [0.4, 0.5) is 0 Å². The highest BCUT2D eigenvalue weighted by atomic mass is 15.0. The Balaban J connectivity index is 0.912. The highest BCUT2D eigenvalue weighted by Gasteiger charge is 2.37. The van der Waals surface area contributed by atoms with Crippen LogP contribution in [0.1, 0.15) is 25.0 Å². The molecule has 0 N–H and O–H groups in total. The quantitative estimate of drug-likeness (QED) is 0.152. The van der Waals surface area contributed by atoms with E-state index in [0.29, 0.717) is 17.5 Å². The van der Waals surface area contributed by atoms with Crippen LogP contribution in [0.25, 0.3) is 182 Å². The number of fused-ring (bicyclic) bond motifs is 14. The number of benzene rings is 15. The van der Waals surface area contributed by atoms with Gasteiger partial charge in [-0.2, -0.15) is 0 Å². The first-order valence-electron chi connectivity index (χ1n) is 35.1. The van der Waals surface area contributed by atoms with Crippen LogP contribution in [-0.4, -0.2) is 28.7 Å². The largest absolute Gasteiger partial charge is 0.309 e. The Kier molecular flexibility index (Phi) is 13.5. The van der Waals surface area contributed by atoms with Gasteiger partial charge in [-0.25, -0.2) is 15.0 Å². The zero-order valence-electron chi connectivity index (χ0n) is 56.2. The molecule has 0 saturated carbocycles. The lowest BCUT2D eigenvalue weighted by molar-refractivity contribution is 0.660. The molecule has 0 amide bonds. The van der Waals surface area contributed by atoms with Gasteiger partial charge in [0.1, 0.15) is 0 Å². The van der Waals surface area contributed by atoms with Crippen LogP contribution in [0, 0.1) is 0 Å². The van der Waals surface area contributed by atoms with E-state index in [2.05, 4.69) is 343 Å². The van der Waals surface area contributed by atoms with E-state index in [0.717, 1.165) is 143 Å². The molecule has 15 aromatic carbocycles. The topological polar surface area (TPSA) is 53.5 Å². The van der Waals surface area contributed by atoms with Crippen molar-refractivity contribution in [1.29, 1.82) is 0 Å². The Morgan fingerprint density at radius 1 is 0.225 bits per heavy atom. The van der Waals surface area contributed by atoms with E-state index in [9.17, 15) is 0 Å². The van der Waals surface area contributed by atoms with E-state index in [-0.39, 0.29) is 5.41 Å². The maximum atomic E-state index is 5.18. The summed E-state index contributed by atoms with van der Waals surface area (Å²) in [5.41, 5.74) is 22.0. The Bertz CT molecular complexity index is 6700. The molecule has 0 saturated heterocycles. The standard InChI is InChI=1S/C96H64N6/c1-96(2)81-45-19-15-40-77(81)92-82(96)46-26-50-89(92)102-85-49-22-17-38-71(85)74-42-25-43-75-78-58-65(61-27-7-3-8-28-61)51-54-86(78)101(83-47-20-16-37-70(83)73-41-24-44-76(90(73)91(74)75)79-59-66(52-55-88(79)102)62-29-9-4-10-30-62)69-53-56-87-80(60-69)72-39-18-21-48-84(72)100(87)68-36-23-35-67(57-68)95-98-93(63-31-11-5-12-32-63)97-94(99-95)64-33-13-6-14-34-64/h3-60H,1-2H3. The molecule has 6 heteroatoms. The smallest absolute Gasteiger partial charge is 0.164 e. The van der Waals surface area contributed by atoms with E-state index in [1.807, 2.05) is 36.4 Å². The Labute approximate surface area is 589 Å². The minimum absolute atomic E-state index is 0.219. The molecular formula is C96H64N6. The first kappa shape index (κ1) is 58.8. The van der Waals surface area contributed by atoms with Crippen molar-refractivity contribution >= 4 is 97.7 Å². The maximum Gasteiger partial charge on any atom is 0.164 e. The fourth-order valence-electron chi connectivity index (χ4n) is 16.7. The Morgan fingerprint density at radius 2 is 0.578 bits per heavy atom. The van der Waals surface area contributed by atoms with Crippen molar-refractivity contribution in [3.63, 3.8) is 0 Å². The molecular weight excluding hydrogens is 1240 g/mol. The number of nitrogens with zero attached hydrogens (tertiary/aromatic N) is 6. The average molecular weight is 1300 g/mol. The SMILES string of the molecule is CC1(C)c2ccccc2-c2c(-n3c4ccccc4c4cccc5c6cc(-c7ccccc7)ccc6n(-c6ccc7c(c6)c6ccccc6n7-c6cccc(-c7nc(-c8ccccc8)nc(-c8ccccc8)n7)c6)c6ccccc6c6cccc(c7cc(-c8ccccc8)ccc73)c6c54)cccc21. The van der Waals surface area contributed by atoms with Crippen LogP contribution in [0.3, 0.4) is 0 Å². The summed E-state index contributed by atoms with van der Waals surface area (Å²) in [7, 11) is 0. The normalized spacial score (nSPS) is 12.5. The van der Waals surface area contributed by atoms with Crippen molar-refractivity contribution in [3.8, 4) is 84.6 Å². The van der Waals surface area contributed by atoms with E-state index in [1.54, 1.807) is 0 Å². The van der Waals surface area contributed by atoms with Crippen LogP contribution < -0.4 is 0 Å². The van der Waals surface area contributed by atoms with E-state index in [1.165, 1.54) is 33.0 Å². The molecule has 0 spiro atoms. The van der Waals surface area contributed by atoms with Gasteiger partial charge in [0.25, 0.3) is 0 Å². The van der Waals surface area contributed by atoms with Crippen LogP contribution in [0.2, 0.25) is 0 Å². The lowest BCUT2D eigenvalue weighted by Gasteiger charge is -2.22. The second-order valence-corrected chi connectivity index (χ2v) is 27.4. The summed E-state index contributed by atoms with van der Waals surface area (Å²) in [4.78, 5) is 15.4. The molecule has 0 fully saturated rings. The third kappa shape index (κ3) is 9.30. The average Bonchev–Trinajstić information content (AvgIpc) is 1.53. The molecule has 20 rings (SSSR count). The van der Waals surface area contributed by atoms with Gasteiger partial charge in [0.15, 0.2) is 17.5 Å². The first-order valence-corrected chi connectivity index (χ1v) is 35.1. The molecule has 0 bridgehead atoms. The number of rotatable bonds is 8. The van der Waals surface area contributed by atoms with Crippen LogP contribution >= 0.6 is 0 Å². The molecule has 0 radical (unpaired) electrons. The number of hydrogen-bond donors (Lipinski definition) is 0. The van der Waals surface area contributed by atoms with E-state index < -0.39 is 0 Å². The third-order valence-corrected chi connectivity index (χ3v) is 21.3. The van der Waals surface area contributed by atoms with E-state index in [4.69, 9.17) is 15.0 Å². The molecule has 4 aromatic heterocycles. The highest BCUT2D eigenvalue weighted by molar-refractivity contribution is 6.34. The van der Waals surface area contributed by atoms with Gasteiger partial charge in [0, 0.05) is 71.4 Å². The number of aromatic nitrogens is 6. The predicted octanol–water partition coefficient (Wildman–Crippen LogP) is 25.0. The maximum absolute atomic E-state index is 5.18. The van der Waals surface area contributed by atoms with Crippen LogP contribution in [0.15, 0.2) is 352 Å². The molecule has 0 unspecified atom stereocenters. The highest BCUT2D eigenvalue weighted by Crippen LogP contribution is 2.52. The summed E-state index contributed by atoms with van der Waals surface area (Å²) in [6.45, 7) is 4.77. The molecule has 19 aromatic rings. The number of para-hydroxylation sites is 3. The number of hydrogen-bond acceptors (Lipinski definition) is 3. The first-order chi connectivity index (χ1) is 50.4. The summed E-state index contributed by atoms with van der Waals surface area (Å²) in [5, 5.41) is 13.7. The summed E-state index contributed by atoms with van der Waals surface area (Å²) in [5.74, 6) is 1.85. The van der Waals surface area contributed by atoms with Crippen molar-refractivity contribution < 1.29 is 0 Å². The molecule has 6 nitrogen and oxygen atoms in total. The van der Waals surface area contributed by atoms with Gasteiger partial charge in [0.2, 0.25) is 0 Å². The van der Waals surface area contributed by atoms with Crippen LogP contribution in [-0.2, 0) is 5.41 Å². The molecule has 0 atom stereocenters. The molecule has 1 aliphatic carbocycles. The second-order valence-electron chi connectivity index (χ2n) is 27.4.